The number of piperazine rings is 1. The molecular weight excluding hydrogens is 300 g/mol. The molecule has 0 unspecified atom stereocenters. The fraction of sp³-hybridized carbons (Fsp3) is 0.625. The summed E-state index contributed by atoms with van der Waals surface area (Å²) in [5.41, 5.74) is 3.06. The van der Waals surface area contributed by atoms with Crippen LogP contribution < -0.4 is 10.2 Å². The van der Waals surface area contributed by atoms with Gasteiger partial charge in [-0.25, -0.2) is 0 Å². The third-order valence-corrected chi connectivity index (χ3v) is 5.56. The zero-order valence-corrected chi connectivity index (χ0v) is 13.3. The van der Waals surface area contributed by atoms with E-state index in [1.165, 1.54) is 54.4 Å². The fourth-order valence-corrected chi connectivity index (χ4v) is 3.89. The molecule has 1 aromatic carbocycles. The van der Waals surface area contributed by atoms with Crippen molar-refractivity contribution < 1.29 is 0 Å². The molecule has 1 spiro atoms. The Bertz CT molecular complexity index is 447. The molecule has 1 heterocycles. The molecule has 0 radical (unpaired) electrons. The van der Waals surface area contributed by atoms with Crippen LogP contribution in [0.25, 0.3) is 0 Å². The van der Waals surface area contributed by atoms with Crippen LogP contribution in [0.4, 0.5) is 5.69 Å². The molecule has 0 aromatic heterocycles. The van der Waals surface area contributed by atoms with E-state index in [0.717, 1.165) is 13.1 Å². The molecule has 104 valence electrons. The summed E-state index contributed by atoms with van der Waals surface area (Å²) in [7, 11) is 0. The van der Waals surface area contributed by atoms with Gasteiger partial charge in [0.2, 0.25) is 0 Å². The predicted molar refractivity (Wildman–Crippen MR) is 84.9 cm³/mol. The first-order valence-electron chi connectivity index (χ1n) is 7.45. The third kappa shape index (κ3) is 2.82. The number of nitrogens with one attached hydrogen (secondary N) is 1. The lowest BCUT2D eigenvalue weighted by atomic mass is 9.80. The van der Waals surface area contributed by atoms with E-state index in [9.17, 15) is 0 Å². The Labute approximate surface area is 124 Å². The number of hydrogen-bond donors (Lipinski definition) is 1. The minimum atomic E-state index is 0.383. The zero-order chi connectivity index (χ0) is 13.3. The molecule has 19 heavy (non-hydrogen) atoms. The molecular formula is C16H23BrN2. The molecule has 0 bridgehead atoms. The van der Waals surface area contributed by atoms with Gasteiger partial charge in [-0.05, 0) is 37.5 Å². The summed E-state index contributed by atoms with van der Waals surface area (Å²) in [5, 5.41) is 3.81. The van der Waals surface area contributed by atoms with Gasteiger partial charge in [-0.2, -0.15) is 0 Å². The quantitative estimate of drug-likeness (QED) is 0.844. The Kier molecular flexibility index (Phi) is 3.86. The van der Waals surface area contributed by atoms with Crippen molar-refractivity contribution in [1.29, 1.82) is 0 Å². The van der Waals surface area contributed by atoms with Crippen molar-refractivity contribution in [3.05, 3.63) is 28.2 Å². The summed E-state index contributed by atoms with van der Waals surface area (Å²) in [5.74, 6) is 0. The normalized spacial score (nSPS) is 22.7. The van der Waals surface area contributed by atoms with Crippen molar-refractivity contribution in [2.24, 2.45) is 0 Å². The molecule has 2 nitrogen and oxygen atoms in total. The van der Waals surface area contributed by atoms with E-state index in [2.05, 4.69) is 51.3 Å². The van der Waals surface area contributed by atoms with E-state index in [1.54, 1.807) is 0 Å². The highest BCUT2D eigenvalue weighted by Gasteiger charge is 2.36. The first kappa shape index (κ1) is 13.4. The molecule has 0 atom stereocenters. The van der Waals surface area contributed by atoms with Gasteiger partial charge in [0.05, 0.1) is 0 Å². The second-order valence-electron chi connectivity index (χ2n) is 6.12. The molecule has 2 aliphatic rings. The average Bonchev–Trinajstić information content (AvgIpc) is 2.43. The molecule has 1 saturated carbocycles. The number of nitrogens with zero attached hydrogens (tertiary/aromatic N) is 1. The van der Waals surface area contributed by atoms with Gasteiger partial charge in [0.1, 0.15) is 0 Å². The van der Waals surface area contributed by atoms with Gasteiger partial charge in [0.25, 0.3) is 0 Å². The Balaban J connectivity index is 1.78. The molecule has 1 aliphatic carbocycles. The largest absolute Gasteiger partial charge is 0.368 e. The van der Waals surface area contributed by atoms with Gasteiger partial charge in [0, 0.05) is 35.3 Å². The van der Waals surface area contributed by atoms with Crippen LogP contribution in [0.15, 0.2) is 22.7 Å². The molecule has 0 amide bonds. The van der Waals surface area contributed by atoms with Gasteiger partial charge in [-0.15, -0.1) is 0 Å². The Morgan fingerprint density at radius 1 is 1.21 bits per heavy atom. The summed E-state index contributed by atoms with van der Waals surface area (Å²) in [6.07, 6.45) is 6.88. The topological polar surface area (TPSA) is 15.3 Å². The van der Waals surface area contributed by atoms with Crippen LogP contribution in [-0.2, 0) is 0 Å². The Morgan fingerprint density at radius 2 is 2.00 bits per heavy atom. The molecule has 2 fully saturated rings. The number of rotatable bonds is 1. The fourth-order valence-electron chi connectivity index (χ4n) is 3.52. The number of aryl methyl sites for hydroxylation is 1. The van der Waals surface area contributed by atoms with Crippen LogP contribution >= 0.6 is 15.9 Å². The molecule has 1 saturated heterocycles. The number of benzene rings is 1. The van der Waals surface area contributed by atoms with Crippen LogP contribution in [0.1, 0.15) is 37.7 Å². The van der Waals surface area contributed by atoms with E-state index in [-0.39, 0.29) is 0 Å². The second-order valence-corrected chi connectivity index (χ2v) is 6.98. The highest BCUT2D eigenvalue weighted by molar-refractivity contribution is 9.10. The van der Waals surface area contributed by atoms with Crippen LogP contribution in [-0.4, -0.2) is 25.2 Å². The molecule has 3 rings (SSSR count). The highest BCUT2D eigenvalue weighted by Crippen LogP contribution is 2.33. The maximum Gasteiger partial charge on any atom is 0.0378 e. The summed E-state index contributed by atoms with van der Waals surface area (Å²) in [6.45, 7) is 5.56. The van der Waals surface area contributed by atoms with E-state index in [1.807, 2.05) is 0 Å². The van der Waals surface area contributed by atoms with Crippen LogP contribution in [0, 0.1) is 6.92 Å². The van der Waals surface area contributed by atoms with Gasteiger partial charge >= 0.3 is 0 Å². The lowest BCUT2D eigenvalue weighted by Gasteiger charge is -2.47. The lowest BCUT2D eigenvalue weighted by molar-refractivity contribution is 0.216. The minimum Gasteiger partial charge on any atom is -0.368 e. The van der Waals surface area contributed by atoms with Gasteiger partial charge in [-0.1, -0.05) is 41.3 Å². The second kappa shape index (κ2) is 5.45. The Hall–Kier alpha value is -0.540. The average molecular weight is 323 g/mol. The SMILES string of the molecule is Cc1ccc(N2CCNC3(CCCCC3)C2)cc1Br. The molecule has 1 aliphatic heterocycles. The monoisotopic (exact) mass is 322 g/mol. The van der Waals surface area contributed by atoms with Gasteiger partial charge in [0.15, 0.2) is 0 Å². The van der Waals surface area contributed by atoms with Crippen molar-refractivity contribution in [3.8, 4) is 0 Å². The number of hydrogen-bond acceptors (Lipinski definition) is 2. The van der Waals surface area contributed by atoms with E-state index < -0.39 is 0 Å². The van der Waals surface area contributed by atoms with E-state index in [0.29, 0.717) is 5.54 Å². The van der Waals surface area contributed by atoms with E-state index >= 15 is 0 Å². The minimum absolute atomic E-state index is 0.383. The van der Waals surface area contributed by atoms with Gasteiger partial charge < -0.3 is 10.2 Å². The maximum absolute atomic E-state index is 3.81. The maximum atomic E-state index is 3.81. The van der Waals surface area contributed by atoms with Crippen molar-refractivity contribution in [2.75, 3.05) is 24.5 Å². The smallest absolute Gasteiger partial charge is 0.0378 e. The highest BCUT2D eigenvalue weighted by atomic mass is 79.9. The molecule has 1 aromatic rings. The summed E-state index contributed by atoms with van der Waals surface area (Å²) >= 11 is 3.66. The summed E-state index contributed by atoms with van der Waals surface area (Å²) in [6, 6.07) is 6.76. The van der Waals surface area contributed by atoms with Crippen LogP contribution in [0.2, 0.25) is 0 Å². The van der Waals surface area contributed by atoms with Crippen LogP contribution in [0.5, 0.6) is 0 Å². The number of anilines is 1. The zero-order valence-electron chi connectivity index (χ0n) is 11.7. The Morgan fingerprint density at radius 3 is 2.74 bits per heavy atom. The van der Waals surface area contributed by atoms with Crippen LogP contribution in [0.3, 0.4) is 0 Å². The van der Waals surface area contributed by atoms with E-state index in [4.69, 9.17) is 0 Å². The van der Waals surface area contributed by atoms with Crippen molar-refractivity contribution in [3.63, 3.8) is 0 Å². The summed E-state index contributed by atoms with van der Waals surface area (Å²) < 4.78 is 1.22. The standard InChI is InChI=1S/C16H23BrN2/c1-13-5-6-14(11-15(13)17)19-10-9-18-16(12-19)7-3-2-4-8-16/h5-6,11,18H,2-4,7-10,12H2,1H3. The first-order valence-corrected chi connectivity index (χ1v) is 8.24. The predicted octanol–water partition coefficient (Wildman–Crippen LogP) is 3.87. The lowest BCUT2D eigenvalue weighted by Crippen LogP contribution is -2.61. The van der Waals surface area contributed by atoms with Crippen molar-refractivity contribution in [1.82, 2.24) is 5.32 Å². The molecule has 3 heteroatoms. The third-order valence-electron chi connectivity index (χ3n) is 4.71. The van der Waals surface area contributed by atoms with Crippen molar-refractivity contribution in [2.45, 2.75) is 44.6 Å². The first-order chi connectivity index (χ1) is 9.19. The van der Waals surface area contributed by atoms with Gasteiger partial charge in [-0.3, -0.25) is 0 Å². The van der Waals surface area contributed by atoms with Crippen molar-refractivity contribution >= 4 is 21.6 Å². The number of halogens is 1. The molecule has 1 N–H and O–H groups in total. The summed E-state index contributed by atoms with van der Waals surface area (Å²) in [4.78, 5) is 2.56.